The van der Waals surface area contributed by atoms with E-state index in [4.69, 9.17) is 0 Å². The maximum absolute atomic E-state index is 4.19. The molecule has 0 aliphatic carbocycles. The van der Waals surface area contributed by atoms with Crippen molar-refractivity contribution in [2.45, 2.75) is 13.8 Å². The summed E-state index contributed by atoms with van der Waals surface area (Å²) >= 11 is 0. The largest absolute Gasteiger partial charge is 0.244 e. The van der Waals surface area contributed by atoms with Gasteiger partial charge in [0.1, 0.15) is 6.33 Å². The van der Waals surface area contributed by atoms with Crippen LogP contribution in [0.1, 0.15) is 11.3 Å². The molecule has 14 heavy (non-hydrogen) atoms. The van der Waals surface area contributed by atoms with Gasteiger partial charge < -0.3 is 0 Å². The molecule has 0 unspecified atom stereocenters. The number of aryl methyl sites for hydroxylation is 2. The van der Waals surface area contributed by atoms with Gasteiger partial charge in [-0.25, -0.2) is 9.97 Å². The molecule has 0 fully saturated rings. The molecule has 2 aromatic rings. The van der Waals surface area contributed by atoms with Gasteiger partial charge in [-0.15, -0.1) is 0 Å². The molecule has 70 valence electrons. The lowest BCUT2D eigenvalue weighted by Crippen LogP contribution is -1.90. The van der Waals surface area contributed by atoms with Gasteiger partial charge in [0.2, 0.25) is 0 Å². The smallest absolute Gasteiger partial charge is 0.115 e. The third kappa shape index (κ3) is 1.51. The molecule has 0 atom stereocenters. The number of hydrogen-bond donors (Lipinski definition) is 0. The molecule has 0 radical (unpaired) electrons. The molecule has 1 aromatic carbocycles. The van der Waals surface area contributed by atoms with E-state index in [2.05, 4.69) is 29.0 Å². The second-order valence-electron chi connectivity index (χ2n) is 3.34. The Bertz CT molecular complexity index is 406. The zero-order chi connectivity index (χ0) is 9.97. The number of nitrogens with zero attached hydrogens (tertiary/aromatic N) is 2. The molecule has 0 bridgehead atoms. The molecule has 0 spiro atoms. The highest BCUT2D eigenvalue weighted by Crippen LogP contribution is 2.23. The summed E-state index contributed by atoms with van der Waals surface area (Å²) in [5.41, 5.74) is 4.61. The Hall–Kier alpha value is -1.70. The van der Waals surface area contributed by atoms with E-state index in [9.17, 15) is 0 Å². The van der Waals surface area contributed by atoms with Gasteiger partial charge >= 0.3 is 0 Å². The Morgan fingerprint density at radius 2 is 1.79 bits per heavy atom. The van der Waals surface area contributed by atoms with Crippen molar-refractivity contribution in [1.29, 1.82) is 0 Å². The van der Waals surface area contributed by atoms with Crippen molar-refractivity contribution < 1.29 is 0 Å². The number of rotatable bonds is 1. The van der Waals surface area contributed by atoms with Crippen LogP contribution in [0.4, 0.5) is 0 Å². The van der Waals surface area contributed by atoms with Crippen LogP contribution in [0.5, 0.6) is 0 Å². The van der Waals surface area contributed by atoms with E-state index in [1.54, 1.807) is 6.33 Å². The quantitative estimate of drug-likeness (QED) is 0.681. The van der Waals surface area contributed by atoms with E-state index in [1.165, 1.54) is 11.1 Å². The Kier molecular flexibility index (Phi) is 2.27. The van der Waals surface area contributed by atoms with Gasteiger partial charge in [0.05, 0.1) is 0 Å². The molecule has 0 amide bonds. The molecule has 0 aliphatic heterocycles. The van der Waals surface area contributed by atoms with Gasteiger partial charge in [-0.1, -0.05) is 24.3 Å². The van der Waals surface area contributed by atoms with E-state index in [0.29, 0.717) is 0 Å². The lowest BCUT2D eigenvalue weighted by molar-refractivity contribution is 1.10. The van der Waals surface area contributed by atoms with Crippen LogP contribution in [0.3, 0.4) is 0 Å². The van der Waals surface area contributed by atoms with Crippen LogP contribution in [0.25, 0.3) is 11.1 Å². The number of hydrogen-bond acceptors (Lipinski definition) is 2. The summed E-state index contributed by atoms with van der Waals surface area (Å²) in [6.45, 7) is 4.10. The van der Waals surface area contributed by atoms with Gasteiger partial charge in [-0.05, 0) is 25.0 Å². The lowest BCUT2D eigenvalue weighted by Gasteiger charge is -2.06. The first-order valence-electron chi connectivity index (χ1n) is 4.61. The fourth-order valence-electron chi connectivity index (χ4n) is 1.53. The first-order chi connectivity index (χ1) is 6.79. The van der Waals surface area contributed by atoms with E-state index in [0.717, 1.165) is 11.3 Å². The fraction of sp³-hybridized carbons (Fsp3) is 0.167. The van der Waals surface area contributed by atoms with Crippen LogP contribution >= 0.6 is 0 Å². The van der Waals surface area contributed by atoms with Crippen molar-refractivity contribution in [3.8, 4) is 11.1 Å². The summed E-state index contributed by atoms with van der Waals surface area (Å²) < 4.78 is 0. The summed E-state index contributed by atoms with van der Waals surface area (Å²) in [5.74, 6) is 0. The van der Waals surface area contributed by atoms with Gasteiger partial charge in [0.25, 0.3) is 0 Å². The predicted octanol–water partition coefficient (Wildman–Crippen LogP) is 2.76. The van der Waals surface area contributed by atoms with Crippen LogP contribution < -0.4 is 0 Å². The van der Waals surface area contributed by atoms with Crippen molar-refractivity contribution >= 4 is 0 Å². The van der Waals surface area contributed by atoms with Crippen LogP contribution in [0.15, 0.2) is 36.8 Å². The average Bonchev–Trinajstić information content (AvgIpc) is 2.20. The van der Waals surface area contributed by atoms with Crippen LogP contribution in [-0.4, -0.2) is 9.97 Å². The van der Waals surface area contributed by atoms with Crippen LogP contribution in [-0.2, 0) is 0 Å². The standard InChI is InChI=1S/C12H12N2/c1-9-5-3-4-6-11(9)12-7-13-8-14-10(12)2/h3-8H,1-2H3. The Labute approximate surface area is 83.7 Å². The third-order valence-corrected chi connectivity index (χ3v) is 2.35. The molecule has 2 rings (SSSR count). The van der Waals surface area contributed by atoms with Crippen molar-refractivity contribution in [2.24, 2.45) is 0 Å². The molecule has 0 saturated heterocycles. The topological polar surface area (TPSA) is 25.8 Å². The number of aromatic nitrogens is 2. The fourth-order valence-corrected chi connectivity index (χ4v) is 1.53. The first-order valence-corrected chi connectivity index (χ1v) is 4.61. The predicted molar refractivity (Wildman–Crippen MR) is 56.9 cm³/mol. The van der Waals surface area contributed by atoms with Crippen LogP contribution in [0, 0.1) is 13.8 Å². The summed E-state index contributed by atoms with van der Waals surface area (Å²) in [6, 6.07) is 8.27. The summed E-state index contributed by atoms with van der Waals surface area (Å²) in [7, 11) is 0. The van der Waals surface area contributed by atoms with E-state index in [1.807, 2.05) is 25.3 Å². The highest BCUT2D eigenvalue weighted by Gasteiger charge is 2.04. The van der Waals surface area contributed by atoms with Crippen molar-refractivity contribution in [1.82, 2.24) is 9.97 Å². The Morgan fingerprint density at radius 1 is 1.00 bits per heavy atom. The zero-order valence-electron chi connectivity index (χ0n) is 8.36. The first kappa shape index (κ1) is 8.88. The maximum Gasteiger partial charge on any atom is 0.115 e. The summed E-state index contributed by atoms with van der Waals surface area (Å²) in [5, 5.41) is 0. The molecule has 2 heteroatoms. The zero-order valence-corrected chi connectivity index (χ0v) is 8.36. The van der Waals surface area contributed by atoms with Gasteiger partial charge in [0.15, 0.2) is 0 Å². The second-order valence-corrected chi connectivity index (χ2v) is 3.34. The number of benzene rings is 1. The van der Waals surface area contributed by atoms with Crippen molar-refractivity contribution in [3.63, 3.8) is 0 Å². The minimum absolute atomic E-state index is 1.02. The molecule has 0 saturated carbocycles. The highest BCUT2D eigenvalue weighted by molar-refractivity contribution is 5.67. The molecular weight excluding hydrogens is 172 g/mol. The molecule has 0 aliphatic rings. The molecule has 1 aromatic heterocycles. The van der Waals surface area contributed by atoms with Crippen molar-refractivity contribution in [2.75, 3.05) is 0 Å². The van der Waals surface area contributed by atoms with Crippen molar-refractivity contribution in [3.05, 3.63) is 48.0 Å². The van der Waals surface area contributed by atoms with Gasteiger partial charge in [-0.2, -0.15) is 0 Å². The van der Waals surface area contributed by atoms with E-state index in [-0.39, 0.29) is 0 Å². The molecule has 2 nitrogen and oxygen atoms in total. The lowest BCUT2D eigenvalue weighted by atomic mass is 10.0. The summed E-state index contributed by atoms with van der Waals surface area (Å²) in [6.07, 6.45) is 3.45. The Morgan fingerprint density at radius 3 is 2.50 bits per heavy atom. The summed E-state index contributed by atoms with van der Waals surface area (Å²) in [4.78, 5) is 8.24. The third-order valence-electron chi connectivity index (χ3n) is 2.35. The normalized spacial score (nSPS) is 10.1. The molecule has 1 heterocycles. The van der Waals surface area contributed by atoms with Gasteiger partial charge in [0, 0.05) is 17.5 Å². The van der Waals surface area contributed by atoms with Crippen LogP contribution in [0.2, 0.25) is 0 Å². The molecule has 0 N–H and O–H groups in total. The molecular formula is C12H12N2. The maximum atomic E-state index is 4.19. The second kappa shape index (κ2) is 3.58. The minimum Gasteiger partial charge on any atom is -0.244 e. The Balaban J connectivity index is 2.61. The minimum atomic E-state index is 1.02. The monoisotopic (exact) mass is 184 g/mol. The average molecular weight is 184 g/mol. The van der Waals surface area contributed by atoms with E-state index >= 15 is 0 Å². The SMILES string of the molecule is Cc1ccccc1-c1cncnc1C. The van der Waals surface area contributed by atoms with Gasteiger partial charge in [-0.3, -0.25) is 0 Å². The van der Waals surface area contributed by atoms with E-state index < -0.39 is 0 Å². The highest BCUT2D eigenvalue weighted by atomic mass is 14.8.